The highest BCUT2D eigenvalue weighted by atomic mass is 79.9. The molecule has 2 atom stereocenters. The fraction of sp³-hybridized carbons (Fsp3) is 0.462. The molecule has 1 aromatic rings. The Morgan fingerprint density at radius 3 is 2.63 bits per heavy atom. The van der Waals surface area contributed by atoms with Gasteiger partial charge < -0.3 is 15.0 Å². The van der Waals surface area contributed by atoms with Crippen molar-refractivity contribution in [1.29, 1.82) is 0 Å². The van der Waals surface area contributed by atoms with Gasteiger partial charge in [-0.2, -0.15) is 0 Å². The molecule has 6 heteroatoms. The van der Waals surface area contributed by atoms with Crippen LogP contribution < -0.4 is 5.32 Å². The number of halogens is 2. The second-order valence-electron chi connectivity index (χ2n) is 4.72. The summed E-state index contributed by atoms with van der Waals surface area (Å²) < 4.78 is 6.64. The summed E-state index contributed by atoms with van der Waals surface area (Å²) in [6, 6.07) is 5.68. The van der Waals surface area contributed by atoms with Gasteiger partial charge >= 0.3 is 0 Å². The highest BCUT2D eigenvalue weighted by Gasteiger charge is 2.24. The lowest BCUT2D eigenvalue weighted by Gasteiger charge is -2.37. The Labute approximate surface area is 132 Å². The van der Waals surface area contributed by atoms with Crippen LogP contribution in [-0.4, -0.2) is 35.3 Å². The number of thiocarbonyl (C=S) groups is 1. The molecule has 0 aromatic heterocycles. The van der Waals surface area contributed by atoms with Gasteiger partial charge in [0.15, 0.2) is 5.11 Å². The zero-order valence-electron chi connectivity index (χ0n) is 10.8. The largest absolute Gasteiger partial charge is 0.372 e. The van der Waals surface area contributed by atoms with Crippen LogP contribution in [-0.2, 0) is 4.74 Å². The molecule has 0 bridgehead atoms. The summed E-state index contributed by atoms with van der Waals surface area (Å²) in [7, 11) is 0. The topological polar surface area (TPSA) is 24.5 Å². The van der Waals surface area contributed by atoms with E-state index < -0.39 is 0 Å². The Hall–Kier alpha value is -0.360. The molecular weight excluding hydrogens is 348 g/mol. The molecule has 0 aliphatic carbocycles. The standard InChI is InChI=1S/C13H16BrClN2OS/c1-8-6-17(7-9(2)18-8)13(19)16-12-4-3-10(14)5-11(12)15/h3-5,8-9H,6-7H2,1-2H3,(H,16,19)/t8-,9-/m0/s1. The second-order valence-corrected chi connectivity index (χ2v) is 6.43. The lowest BCUT2D eigenvalue weighted by atomic mass is 10.2. The molecule has 2 rings (SSSR count). The average molecular weight is 364 g/mol. The van der Waals surface area contributed by atoms with Gasteiger partial charge in [0.05, 0.1) is 22.9 Å². The number of ether oxygens (including phenoxy) is 1. The molecule has 0 amide bonds. The highest BCUT2D eigenvalue weighted by Crippen LogP contribution is 2.26. The van der Waals surface area contributed by atoms with E-state index in [4.69, 9.17) is 28.6 Å². The van der Waals surface area contributed by atoms with Crippen LogP contribution in [0, 0.1) is 0 Å². The summed E-state index contributed by atoms with van der Waals surface area (Å²) in [6.07, 6.45) is 0.368. The van der Waals surface area contributed by atoms with Crippen LogP contribution in [0.1, 0.15) is 13.8 Å². The summed E-state index contributed by atoms with van der Waals surface area (Å²) >= 11 is 15.0. The third-order valence-electron chi connectivity index (χ3n) is 2.88. The first-order valence-electron chi connectivity index (χ1n) is 6.12. The summed E-state index contributed by atoms with van der Waals surface area (Å²) in [6.45, 7) is 5.70. The van der Waals surface area contributed by atoms with E-state index in [1.54, 1.807) is 0 Å². The molecule has 19 heavy (non-hydrogen) atoms. The predicted octanol–water partition coefficient (Wildman–Crippen LogP) is 3.91. The van der Waals surface area contributed by atoms with Gasteiger partial charge in [-0.3, -0.25) is 0 Å². The predicted molar refractivity (Wildman–Crippen MR) is 87.0 cm³/mol. The number of hydrogen-bond donors (Lipinski definition) is 1. The zero-order valence-corrected chi connectivity index (χ0v) is 14.0. The first-order valence-corrected chi connectivity index (χ1v) is 7.70. The minimum absolute atomic E-state index is 0.184. The molecule has 0 radical (unpaired) electrons. The molecule has 1 aromatic carbocycles. The Bertz CT molecular complexity index is 476. The Balaban J connectivity index is 2.04. The zero-order chi connectivity index (χ0) is 14.0. The maximum atomic E-state index is 6.17. The first-order chi connectivity index (χ1) is 8.95. The highest BCUT2D eigenvalue weighted by molar-refractivity contribution is 9.10. The van der Waals surface area contributed by atoms with E-state index in [9.17, 15) is 0 Å². The van der Waals surface area contributed by atoms with Crippen LogP contribution in [0.25, 0.3) is 0 Å². The molecule has 3 nitrogen and oxygen atoms in total. The molecule has 0 unspecified atom stereocenters. The Morgan fingerprint density at radius 2 is 2.05 bits per heavy atom. The van der Waals surface area contributed by atoms with Crippen molar-refractivity contribution in [3.63, 3.8) is 0 Å². The lowest BCUT2D eigenvalue weighted by molar-refractivity contribution is -0.0473. The van der Waals surface area contributed by atoms with Crippen LogP contribution in [0.2, 0.25) is 5.02 Å². The molecule has 1 fully saturated rings. The average Bonchev–Trinajstić information content (AvgIpc) is 2.31. The summed E-state index contributed by atoms with van der Waals surface area (Å²) in [5.41, 5.74) is 0.821. The molecule has 1 saturated heterocycles. The van der Waals surface area contributed by atoms with Crippen molar-refractivity contribution in [1.82, 2.24) is 4.90 Å². The number of anilines is 1. The molecular formula is C13H16BrClN2OS. The Kier molecular flexibility index (Phi) is 5.06. The van der Waals surface area contributed by atoms with E-state index >= 15 is 0 Å². The van der Waals surface area contributed by atoms with Gasteiger partial charge in [-0.05, 0) is 44.3 Å². The van der Waals surface area contributed by atoms with Gasteiger partial charge in [0, 0.05) is 17.6 Å². The fourth-order valence-electron chi connectivity index (χ4n) is 2.13. The van der Waals surface area contributed by atoms with Crippen molar-refractivity contribution in [2.24, 2.45) is 0 Å². The van der Waals surface area contributed by atoms with Crippen molar-refractivity contribution in [3.05, 3.63) is 27.7 Å². The second kappa shape index (κ2) is 6.39. The summed E-state index contributed by atoms with van der Waals surface area (Å²) in [5.74, 6) is 0. The molecule has 1 aliphatic rings. The molecule has 1 N–H and O–H groups in total. The number of rotatable bonds is 1. The van der Waals surface area contributed by atoms with Crippen LogP contribution in [0.4, 0.5) is 5.69 Å². The number of morpholine rings is 1. The molecule has 0 saturated carbocycles. The van der Waals surface area contributed by atoms with Crippen molar-refractivity contribution >= 4 is 50.5 Å². The molecule has 1 aliphatic heterocycles. The number of nitrogens with one attached hydrogen (secondary N) is 1. The van der Waals surface area contributed by atoms with Crippen LogP contribution in [0.15, 0.2) is 22.7 Å². The smallest absolute Gasteiger partial charge is 0.173 e. The van der Waals surface area contributed by atoms with E-state index in [-0.39, 0.29) is 12.2 Å². The van der Waals surface area contributed by atoms with Crippen molar-refractivity contribution < 1.29 is 4.74 Å². The number of nitrogens with zero attached hydrogens (tertiary/aromatic N) is 1. The van der Waals surface area contributed by atoms with E-state index in [2.05, 4.69) is 40.0 Å². The minimum atomic E-state index is 0.184. The molecule has 104 valence electrons. The summed E-state index contributed by atoms with van der Waals surface area (Å²) in [4.78, 5) is 2.12. The number of benzene rings is 1. The van der Waals surface area contributed by atoms with E-state index in [0.29, 0.717) is 10.1 Å². The lowest BCUT2D eigenvalue weighted by Crippen LogP contribution is -2.49. The normalized spacial score (nSPS) is 23.3. The first kappa shape index (κ1) is 15.0. The fourth-order valence-corrected chi connectivity index (χ4v) is 3.11. The van der Waals surface area contributed by atoms with Crippen molar-refractivity contribution in [2.75, 3.05) is 18.4 Å². The number of hydrogen-bond acceptors (Lipinski definition) is 2. The van der Waals surface area contributed by atoms with Crippen molar-refractivity contribution in [2.45, 2.75) is 26.1 Å². The third kappa shape index (κ3) is 4.05. The van der Waals surface area contributed by atoms with Gasteiger partial charge in [0.2, 0.25) is 0 Å². The SMILES string of the molecule is C[C@H]1CN(C(=S)Nc2ccc(Br)cc2Cl)C[C@H](C)O1. The van der Waals surface area contributed by atoms with E-state index in [0.717, 1.165) is 23.2 Å². The molecule has 0 spiro atoms. The van der Waals surface area contributed by atoms with Crippen LogP contribution in [0.5, 0.6) is 0 Å². The van der Waals surface area contributed by atoms with Gasteiger partial charge in [-0.1, -0.05) is 27.5 Å². The minimum Gasteiger partial charge on any atom is -0.372 e. The van der Waals surface area contributed by atoms with Gasteiger partial charge in [0.25, 0.3) is 0 Å². The Morgan fingerprint density at radius 1 is 1.42 bits per heavy atom. The monoisotopic (exact) mass is 362 g/mol. The van der Waals surface area contributed by atoms with Gasteiger partial charge in [-0.25, -0.2) is 0 Å². The van der Waals surface area contributed by atoms with E-state index in [1.807, 2.05) is 18.2 Å². The molecule has 1 heterocycles. The van der Waals surface area contributed by atoms with Gasteiger partial charge in [0.1, 0.15) is 0 Å². The van der Waals surface area contributed by atoms with Crippen LogP contribution >= 0.6 is 39.7 Å². The van der Waals surface area contributed by atoms with E-state index in [1.165, 1.54) is 0 Å². The van der Waals surface area contributed by atoms with Crippen LogP contribution in [0.3, 0.4) is 0 Å². The summed E-state index contributed by atoms with van der Waals surface area (Å²) in [5, 5.41) is 4.53. The third-order valence-corrected chi connectivity index (χ3v) is 4.05. The van der Waals surface area contributed by atoms with Crippen molar-refractivity contribution in [3.8, 4) is 0 Å². The quantitative estimate of drug-likeness (QED) is 0.765. The van der Waals surface area contributed by atoms with Gasteiger partial charge in [-0.15, -0.1) is 0 Å². The maximum Gasteiger partial charge on any atom is 0.173 e. The maximum absolute atomic E-state index is 6.17.